The highest BCUT2D eigenvalue weighted by Gasteiger charge is 2.22. The Kier molecular flexibility index (Phi) is 4.12. The molecule has 1 aliphatic heterocycles. The lowest BCUT2D eigenvalue weighted by Gasteiger charge is -2.30. The largest absolute Gasteiger partial charge is 0.783 e. The first-order chi connectivity index (χ1) is 11.0. The number of fused-ring (bicyclic) bond motifs is 1. The van der Waals surface area contributed by atoms with E-state index in [2.05, 4.69) is 4.99 Å². The van der Waals surface area contributed by atoms with Crippen molar-refractivity contribution in [2.75, 3.05) is 0 Å². The van der Waals surface area contributed by atoms with Gasteiger partial charge in [0.1, 0.15) is 0 Å². The molecule has 1 aliphatic rings. The van der Waals surface area contributed by atoms with Gasteiger partial charge in [-0.3, -0.25) is 15.1 Å². The first-order valence-electron chi connectivity index (χ1n) is 7.01. The van der Waals surface area contributed by atoms with E-state index in [1.807, 2.05) is 6.07 Å². The number of rotatable bonds is 2. The van der Waals surface area contributed by atoms with Crippen molar-refractivity contribution in [3.63, 3.8) is 0 Å². The number of nitro benzene ring substituents is 1. The highest BCUT2D eigenvalue weighted by Crippen LogP contribution is 2.29. The summed E-state index contributed by atoms with van der Waals surface area (Å²) >= 11 is 6.26. The maximum Gasteiger partial charge on any atom is 0.270 e. The molecule has 0 bridgehead atoms. The molecule has 7 heteroatoms. The van der Waals surface area contributed by atoms with Gasteiger partial charge < -0.3 is 10.3 Å². The molecule has 0 saturated heterocycles. The lowest BCUT2D eigenvalue weighted by Crippen LogP contribution is -2.24. The number of non-ortho nitro benzene ring substituents is 1. The second-order valence-electron chi connectivity index (χ2n) is 5.26. The van der Waals surface area contributed by atoms with Gasteiger partial charge in [0, 0.05) is 34.8 Å². The summed E-state index contributed by atoms with van der Waals surface area (Å²) in [5.74, 6) is 0. The summed E-state index contributed by atoms with van der Waals surface area (Å²) in [5, 5.41) is 24.5. The summed E-state index contributed by atoms with van der Waals surface area (Å²) in [7, 11) is 0. The Balaban J connectivity index is 2.25. The quantitative estimate of drug-likeness (QED) is 0.620. The van der Waals surface area contributed by atoms with Gasteiger partial charge in [0.25, 0.3) is 5.69 Å². The van der Waals surface area contributed by atoms with E-state index in [0.29, 0.717) is 27.4 Å². The van der Waals surface area contributed by atoms with Crippen LogP contribution >= 0.6 is 11.6 Å². The Bertz CT molecular complexity index is 807. The molecule has 0 aromatic heterocycles. The van der Waals surface area contributed by atoms with Crippen molar-refractivity contribution < 1.29 is 4.92 Å². The van der Waals surface area contributed by atoms with Crippen molar-refractivity contribution in [2.24, 2.45) is 4.99 Å². The molecule has 1 atom stereocenters. The molecule has 0 amide bonds. The maximum atomic E-state index is 12.1. The van der Waals surface area contributed by atoms with Crippen LogP contribution in [0.3, 0.4) is 0 Å². The molecule has 1 unspecified atom stereocenters. The molecule has 3 rings (SSSR count). The van der Waals surface area contributed by atoms with Crippen molar-refractivity contribution >= 4 is 23.0 Å². The smallest absolute Gasteiger partial charge is 0.270 e. The van der Waals surface area contributed by atoms with E-state index < -0.39 is 11.1 Å². The van der Waals surface area contributed by atoms with Crippen LogP contribution in [-0.4, -0.2) is 21.9 Å². The summed E-state index contributed by atoms with van der Waals surface area (Å²) in [6, 6.07) is 11.6. The van der Waals surface area contributed by atoms with Crippen LogP contribution in [0, 0.1) is 15.3 Å². The second kappa shape index (κ2) is 6.08. The zero-order valence-electron chi connectivity index (χ0n) is 12.3. The summed E-state index contributed by atoms with van der Waals surface area (Å²) in [5.41, 5.74) is 2.36. The maximum absolute atomic E-state index is 12.1. The fourth-order valence-electron chi connectivity index (χ4n) is 2.52. The first-order valence-corrected chi connectivity index (χ1v) is 7.39. The standard InChI is InChI=1S/C16H13ClN3O3/c1-10-18-16(13-4-2-3-5-15(13)17)14-8-12(20(22)23)7-6-11(14)9-19(10)21/h2-8,10H,9H2,1H3/q-1. The van der Waals surface area contributed by atoms with Gasteiger partial charge >= 0.3 is 0 Å². The van der Waals surface area contributed by atoms with Gasteiger partial charge in [0.05, 0.1) is 16.8 Å². The van der Waals surface area contributed by atoms with Gasteiger partial charge in [-0.15, -0.1) is 0 Å². The van der Waals surface area contributed by atoms with Gasteiger partial charge in [-0.2, -0.15) is 0 Å². The third kappa shape index (κ3) is 2.96. The minimum atomic E-state index is -0.604. The molecule has 0 saturated carbocycles. The van der Waals surface area contributed by atoms with E-state index in [1.54, 1.807) is 31.2 Å². The molecule has 0 aliphatic carbocycles. The molecule has 0 fully saturated rings. The van der Waals surface area contributed by atoms with Crippen molar-refractivity contribution in [3.05, 3.63) is 79.5 Å². The van der Waals surface area contributed by atoms with Crippen LogP contribution in [0.15, 0.2) is 47.5 Å². The Morgan fingerprint density at radius 3 is 2.70 bits per heavy atom. The summed E-state index contributed by atoms with van der Waals surface area (Å²) in [6.45, 7) is 1.80. The molecule has 2 aromatic carbocycles. The zero-order valence-corrected chi connectivity index (χ0v) is 13.0. The van der Waals surface area contributed by atoms with E-state index in [9.17, 15) is 15.3 Å². The fourth-order valence-corrected chi connectivity index (χ4v) is 2.75. The molecule has 1 heterocycles. The van der Waals surface area contributed by atoms with Crippen molar-refractivity contribution in [2.45, 2.75) is 19.6 Å². The Hall–Kier alpha value is -2.28. The van der Waals surface area contributed by atoms with Crippen molar-refractivity contribution in [1.29, 1.82) is 0 Å². The number of benzene rings is 2. The fraction of sp³-hybridized carbons (Fsp3) is 0.188. The number of hydrogen-bond donors (Lipinski definition) is 0. The number of hydrogen-bond acceptors (Lipinski definition) is 5. The van der Waals surface area contributed by atoms with E-state index in [4.69, 9.17) is 11.6 Å². The minimum absolute atomic E-state index is 0.0458. The van der Waals surface area contributed by atoms with Crippen LogP contribution in [0.4, 0.5) is 5.69 Å². The van der Waals surface area contributed by atoms with Crippen LogP contribution in [0.25, 0.3) is 0 Å². The van der Waals surface area contributed by atoms with E-state index in [-0.39, 0.29) is 12.2 Å². The number of aliphatic imine (C=N–C) groups is 1. The summed E-state index contributed by atoms with van der Waals surface area (Å²) in [6.07, 6.45) is -0.604. The minimum Gasteiger partial charge on any atom is -0.783 e. The van der Waals surface area contributed by atoms with Crippen molar-refractivity contribution in [1.82, 2.24) is 5.06 Å². The third-order valence-electron chi connectivity index (χ3n) is 3.75. The van der Waals surface area contributed by atoms with Gasteiger partial charge in [0.15, 0.2) is 0 Å². The molecular formula is C16H13ClN3O3-. The summed E-state index contributed by atoms with van der Waals surface area (Å²) in [4.78, 5) is 15.1. The average Bonchev–Trinajstić information content (AvgIpc) is 2.64. The molecule has 0 spiro atoms. The van der Waals surface area contributed by atoms with Crippen LogP contribution in [-0.2, 0) is 6.54 Å². The second-order valence-corrected chi connectivity index (χ2v) is 5.67. The predicted octanol–water partition coefficient (Wildman–Crippen LogP) is 3.75. The molecule has 0 radical (unpaired) electrons. The summed E-state index contributed by atoms with van der Waals surface area (Å²) < 4.78 is 0. The third-order valence-corrected chi connectivity index (χ3v) is 4.08. The number of nitrogens with zero attached hydrogens (tertiary/aromatic N) is 3. The first kappa shape index (κ1) is 15.6. The molecular weight excluding hydrogens is 318 g/mol. The number of halogens is 1. The van der Waals surface area contributed by atoms with Crippen LogP contribution in [0.2, 0.25) is 5.02 Å². The van der Waals surface area contributed by atoms with Gasteiger partial charge in [-0.25, -0.2) is 0 Å². The highest BCUT2D eigenvalue weighted by atomic mass is 35.5. The molecule has 6 nitrogen and oxygen atoms in total. The SMILES string of the molecule is CC1N=C(c2ccccc2Cl)c2cc([N+](=O)[O-])ccc2CN1[O-]. The molecule has 2 aromatic rings. The Morgan fingerprint density at radius 2 is 2.00 bits per heavy atom. The normalized spacial score (nSPS) is 18.0. The average molecular weight is 331 g/mol. The predicted molar refractivity (Wildman–Crippen MR) is 88.6 cm³/mol. The van der Waals surface area contributed by atoms with Gasteiger partial charge in [-0.1, -0.05) is 35.9 Å². The monoisotopic (exact) mass is 330 g/mol. The van der Waals surface area contributed by atoms with Crippen LogP contribution in [0.5, 0.6) is 0 Å². The molecule has 23 heavy (non-hydrogen) atoms. The lowest BCUT2D eigenvalue weighted by atomic mass is 9.97. The van der Waals surface area contributed by atoms with E-state index in [0.717, 1.165) is 5.06 Å². The number of nitro groups is 1. The van der Waals surface area contributed by atoms with Crippen LogP contribution < -0.4 is 0 Å². The van der Waals surface area contributed by atoms with Crippen molar-refractivity contribution in [3.8, 4) is 0 Å². The molecule has 118 valence electrons. The van der Waals surface area contributed by atoms with Crippen LogP contribution in [0.1, 0.15) is 23.6 Å². The Morgan fingerprint density at radius 1 is 1.26 bits per heavy atom. The molecule has 0 N–H and O–H groups in total. The Labute approximate surface area is 137 Å². The highest BCUT2D eigenvalue weighted by molar-refractivity contribution is 6.35. The number of hydroxylamine groups is 2. The van der Waals surface area contributed by atoms with E-state index >= 15 is 0 Å². The lowest BCUT2D eigenvalue weighted by molar-refractivity contribution is -0.384. The van der Waals surface area contributed by atoms with E-state index in [1.165, 1.54) is 12.1 Å². The van der Waals surface area contributed by atoms with Gasteiger partial charge in [0.2, 0.25) is 0 Å². The zero-order chi connectivity index (χ0) is 16.6. The van der Waals surface area contributed by atoms with Gasteiger partial charge in [-0.05, 0) is 18.6 Å². The topological polar surface area (TPSA) is 81.8 Å².